The van der Waals surface area contributed by atoms with Gasteiger partial charge in [-0.2, -0.15) is 0 Å². The molecule has 0 aliphatic carbocycles. The molecule has 0 aliphatic heterocycles. The van der Waals surface area contributed by atoms with Crippen molar-refractivity contribution >= 4 is 17.3 Å². The number of nitrogens with one attached hydrogen (secondary N) is 1. The number of pyridine rings is 1. The number of nitrogens with zero attached hydrogens (tertiary/aromatic N) is 2. The summed E-state index contributed by atoms with van der Waals surface area (Å²) in [7, 11) is 0. The van der Waals surface area contributed by atoms with Crippen LogP contribution in [0.1, 0.15) is 10.4 Å². The Morgan fingerprint density at radius 3 is 2.60 bits per heavy atom. The van der Waals surface area contributed by atoms with Gasteiger partial charge in [-0.25, -0.2) is 4.98 Å². The summed E-state index contributed by atoms with van der Waals surface area (Å²) >= 11 is 0. The molecule has 25 heavy (non-hydrogen) atoms. The molecular formula is C18H13N3O4. The number of nitro benzene ring substituents is 1. The minimum absolute atomic E-state index is 0.153. The molecular weight excluding hydrogens is 322 g/mol. The van der Waals surface area contributed by atoms with E-state index >= 15 is 0 Å². The Bertz CT molecular complexity index is 913. The average molecular weight is 335 g/mol. The number of para-hydroxylation sites is 1. The van der Waals surface area contributed by atoms with Gasteiger partial charge in [0, 0.05) is 23.9 Å². The van der Waals surface area contributed by atoms with Gasteiger partial charge in [-0.05, 0) is 30.3 Å². The SMILES string of the molecule is O=C(Nc1cccnc1Oc1ccccc1)c1cccc([N+](=O)[O-])c1. The Morgan fingerprint density at radius 1 is 1.04 bits per heavy atom. The number of benzene rings is 2. The first-order chi connectivity index (χ1) is 12.1. The van der Waals surface area contributed by atoms with E-state index in [0.29, 0.717) is 11.4 Å². The van der Waals surface area contributed by atoms with Crippen LogP contribution in [0.15, 0.2) is 72.9 Å². The van der Waals surface area contributed by atoms with E-state index in [0.717, 1.165) is 0 Å². The molecule has 0 atom stereocenters. The van der Waals surface area contributed by atoms with Gasteiger partial charge in [0.25, 0.3) is 11.6 Å². The van der Waals surface area contributed by atoms with E-state index in [-0.39, 0.29) is 17.1 Å². The summed E-state index contributed by atoms with van der Waals surface area (Å²) in [6.07, 6.45) is 1.54. The molecule has 0 saturated carbocycles. The molecule has 3 aromatic rings. The molecule has 0 aliphatic rings. The fourth-order valence-electron chi connectivity index (χ4n) is 2.12. The quantitative estimate of drug-likeness (QED) is 0.561. The lowest BCUT2D eigenvalue weighted by molar-refractivity contribution is -0.384. The number of ether oxygens (including phenoxy) is 1. The number of hydrogen-bond donors (Lipinski definition) is 1. The van der Waals surface area contributed by atoms with E-state index in [1.165, 1.54) is 24.3 Å². The third-order valence-electron chi connectivity index (χ3n) is 3.30. The lowest BCUT2D eigenvalue weighted by atomic mass is 10.2. The van der Waals surface area contributed by atoms with Gasteiger partial charge in [0.1, 0.15) is 11.4 Å². The lowest BCUT2D eigenvalue weighted by Crippen LogP contribution is -2.13. The van der Waals surface area contributed by atoms with Crippen LogP contribution >= 0.6 is 0 Å². The number of carbonyl (C=O) groups excluding carboxylic acids is 1. The highest BCUT2D eigenvalue weighted by Crippen LogP contribution is 2.27. The number of nitro groups is 1. The molecule has 7 heteroatoms. The standard InChI is InChI=1S/C18H13N3O4/c22-17(13-6-4-7-14(12-13)21(23)24)20-16-10-5-11-19-18(16)25-15-8-2-1-3-9-15/h1-12H,(H,20,22). The van der Waals surface area contributed by atoms with Crippen molar-refractivity contribution in [3.8, 4) is 11.6 Å². The van der Waals surface area contributed by atoms with Crippen molar-refractivity contribution in [3.63, 3.8) is 0 Å². The minimum atomic E-state index is -0.551. The summed E-state index contributed by atoms with van der Waals surface area (Å²) in [5, 5.41) is 13.5. The smallest absolute Gasteiger partial charge is 0.270 e. The van der Waals surface area contributed by atoms with Gasteiger partial charge in [0.05, 0.1) is 4.92 Å². The van der Waals surface area contributed by atoms with E-state index in [2.05, 4.69) is 10.3 Å². The van der Waals surface area contributed by atoms with Gasteiger partial charge in [-0.3, -0.25) is 14.9 Å². The highest BCUT2D eigenvalue weighted by molar-refractivity contribution is 6.05. The number of amides is 1. The van der Waals surface area contributed by atoms with E-state index < -0.39 is 10.8 Å². The van der Waals surface area contributed by atoms with Crippen molar-refractivity contribution in [1.82, 2.24) is 4.98 Å². The van der Waals surface area contributed by atoms with Crippen LogP contribution in [-0.2, 0) is 0 Å². The Hall–Kier alpha value is -3.74. The maximum Gasteiger partial charge on any atom is 0.270 e. The molecule has 1 amide bonds. The van der Waals surface area contributed by atoms with Crippen molar-refractivity contribution in [2.75, 3.05) is 5.32 Å². The summed E-state index contributed by atoms with van der Waals surface area (Å²) in [4.78, 5) is 26.8. The normalized spacial score (nSPS) is 10.1. The average Bonchev–Trinajstić information content (AvgIpc) is 2.64. The van der Waals surface area contributed by atoms with Gasteiger partial charge < -0.3 is 10.1 Å². The third-order valence-corrected chi connectivity index (χ3v) is 3.30. The van der Waals surface area contributed by atoms with E-state index in [1.807, 2.05) is 18.2 Å². The molecule has 0 bridgehead atoms. The maximum atomic E-state index is 12.4. The first kappa shape index (κ1) is 16.1. The van der Waals surface area contributed by atoms with Gasteiger partial charge in [-0.15, -0.1) is 0 Å². The van der Waals surface area contributed by atoms with Crippen molar-refractivity contribution in [3.05, 3.63) is 88.6 Å². The van der Waals surface area contributed by atoms with Crippen LogP contribution in [0, 0.1) is 10.1 Å². The highest BCUT2D eigenvalue weighted by Gasteiger charge is 2.14. The fourth-order valence-corrected chi connectivity index (χ4v) is 2.12. The summed E-state index contributed by atoms with van der Waals surface area (Å²) < 4.78 is 5.67. The number of aromatic nitrogens is 1. The number of carbonyl (C=O) groups is 1. The Kier molecular flexibility index (Phi) is 4.66. The molecule has 1 heterocycles. The second-order valence-electron chi connectivity index (χ2n) is 5.03. The van der Waals surface area contributed by atoms with Crippen LogP contribution in [-0.4, -0.2) is 15.8 Å². The zero-order valence-corrected chi connectivity index (χ0v) is 13.0. The minimum Gasteiger partial charge on any atom is -0.437 e. The van der Waals surface area contributed by atoms with E-state index in [9.17, 15) is 14.9 Å². The number of non-ortho nitro benzene ring substituents is 1. The Morgan fingerprint density at radius 2 is 1.84 bits per heavy atom. The number of hydrogen-bond acceptors (Lipinski definition) is 5. The molecule has 0 unspecified atom stereocenters. The van der Waals surface area contributed by atoms with Gasteiger partial charge in [0.15, 0.2) is 0 Å². The molecule has 0 saturated heterocycles. The van der Waals surface area contributed by atoms with Crippen LogP contribution in [0.3, 0.4) is 0 Å². The second kappa shape index (κ2) is 7.22. The summed E-state index contributed by atoms with van der Waals surface area (Å²) in [6, 6.07) is 17.8. The molecule has 124 valence electrons. The van der Waals surface area contributed by atoms with Gasteiger partial charge >= 0.3 is 0 Å². The van der Waals surface area contributed by atoms with Crippen LogP contribution in [0.25, 0.3) is 0 Å². The molecule has 0 radical (unpaired) electrons. The summed E-state index contributed by atoms with van der Waals surface area (Å²) in [5.41, 5.74) is 0.381. The molecule has 2 aromatic carbocycles. The van der Waals surface area contributed by atoms with Crippen molar-refractivity contribution in [2.24, 2.45) is 0 Å². The highest BCUT2D eigenvalue weighted by atomic mass is 16.6. The molecule has 7 nitrogen and oxygen atoms in total. The topological polar surface area (TPSA) is 94.4 Å². The third kappa shape index (κ3) is 3.97. The largest absolute Gasteiger partial charge is 0.437 e. The van der Waals surface area contributed by atoms with E-state index in [4.69, 9.17) is 4.74 Å². The van der Waals surface area contributed by atoms with Crippen LogP contribution in [0.4, 0.5) is 11.4 Å². The predicted octanol–water partition coefficient (Wildman–Crippen LogP) is 4.03. The lowest BCUT2D eigenvalue weighted by Gasteiger charge is -2.11. The molecule has 3 rings (SSSR count). The Balaban J connectivity index is 1.82. The molecule has 1 N–H and O–H groups in total. The van der Waals surface area contributed by atoms with Crippen LogP contribution in [0.5, 0.6) is 11.6 Å². The van der Waals surface area contributed by atoms with Crippen LogP contribution < -0.4 is 10.1 Å². The van der Waals surface area contributed by atoms with Crippen LogP contribution in [0.2, 0.25) is 0 Å². The number of rotatable bonds is 5. The zero-order chi connectivity index (χ0) is 17.6. The number of anilines is 1. The summed E-state index contributed by atoms with van der Waals surface area (Å²) in [5.74, 6) is 0.314. The fraction of sp³-hybridized carbons (Fsp3) is 0. The maximum absolute atomic E-state index is 12.4. The molecule has 0 fully saturated rings. The first-order valence-corrected chi connectivity index (χ1v) is 7.37. The monoisotopic (exact) mass is 335 g/mol. The van der Waals surface area contributed by atoms with Crippen molar-refractivity contribution in [2.45, 2.75) is 0 Å². The summed E-state index contributed by atoms with van der Waals surface area (Å²) in [6.45, 7) is 0. The van der Waals surface area contributed by atoms with E-state index in [1.54, 1.807) is 30.5 Å². The Labute approximate surface area is 143 Å². The van der Waals surface area contributed by atoms with Gasteiger partial charge in [0.2, 0.25) is 5.88 Å². The van der Waals surface area contributed by atoms with Gasteiger partial charge in [-0.1, -0.05) is 24.3 Å². The van der Waals surface area contributed by atoms with Crippen molar-refractivity contribution in [1.29, 1.82) is 0 Å². The predicted molar refractivity (Wildman–Crippen MR) is 91.8 cm³/mol. The van der Waals surface area contributed by atoms with Crippen molar-refractivity contribution < 1.29 is 14.5 Å². The molecule has 1 aromatic heterocycles. The first-order valence-electron chi connectivity index (χ1n) is 7.37. The molecule has 0 spiro atoms. The second-order valence-corrected chi connectivity index (χ2v) is 5.03. The zero-order valence-electron chi connectivity index (χ0n) is 13.0.